The van der Waals surface area contributed by atoms with Gasteiger partial charge in [-0.2, -0.15) is 5.26 Å². The summed E-state index contributed by atoms with van der Waals surface area (Å²) in [7, 11) is 0. The van der Waals surface area contributed by atoms with E-state index in [4.69, 9.17) is 99.9 Å². The lowest BCUT2D eigenvalue weighted by Crippen LogP contribution is -2.57. The van der Waals surface area contributed by atoms with Crippen molar-refractivity contribution in [3.05, 3.63) is 217 Å². The number of hydrogen-bond acceptors (Lipinski definition) is 24. The Kier molecular flexibility index (Phi) is 33.9. The van der Waals surface area contributed by atoms with Crippen molar-refractivity contribution >= 4 is 212 Å². The summed E-state index contributed by atoms with van der Waals surface area (Å²) in [6.07, 6.45) is 10.3. The molecule has 30 nitrogen and oxygen atoms in total. The second kappa shape index (κ2) is 44.7. The summed E-state index contributed by atoms with van der Waals surface area (Å²) in [6.45, 7) is 18.6. The molecule has 4 fully saturated rings. The van der Waals surface area contributed by atoms with Gasteiger partial charge in [0, 0.05) is 153 Å². The molecule has 12 aromatic rings. The molecule has 45 heteroatoms. The number of amides is 8. The number of para-hydroxylation sites is 1. The minimum absolute atomic E-state index is 0. The average molecular weight is 2160 g/mol. The molecule has 0 radical (unpaired) electrons. The second-order valence-electron chi connectivity index (χ2n) is 32.7. The molecule has 12 heterocycles. The zero-order valence-electron chi connectivity index (χ0n) is 73.1. The van der Waals surface area contributed by atoms with Crippen LogP contribution in [0.15, 0.2) is 129 Å². The lowest BCUT2D eigenvalue weighted by Gasteiger charge is -2.42. The van der Waals surface area contributed by atoms with Crippen molar-refractivity contribution in [3.63, 3.8) is 0 Å². The number of fused-ring (bicyclic) bond motifs is 12. The molecule has 8 amide bonds. The minimum Gasteiger partial charge on any atom is -0.491 e. The van der Waals surface area contributed by atoms with Gasteiger partial charge in [0.25, 0.3) is 33.9 Å². The molecule has 0 spiro atoms. The molecule has 8 aliphatic rings. The summed E-state index contributed by atoms with van der Waals surface area (Å²) in [5.74, 6) is -6.21. The second-order valence-corrected chi connectivity index (χ2v) is 38.8. The van der Waals surface area contributed by atoms with E-state index in [2.05, 4.69) is 31.3 Å². The number of benzene rings is 8. The van der Waals surface area contributed by atoms with E-state index in [1.165, 1.54) is 75.4 Å². The van der Waals surface area contributed by atoms with Crippen LogP contribution in [-0.2, 0) is 19.2 Å². The molecule has 0 saturated carbocycles. The molecule has 8 N–H and O–H groups in total. The Morgan fingerprint density at radius 3 is 1.22 bits per heavy atom. The molecule has 4 atom stereocenters. The van der Waals surface area contributed by atoms with E-state index < -0.39 is 58.7 Å². The lowest BCUT2D eigenvalue weighted by atomic mass is 9.96. The van der Waals surface area contributed by atoms with Crippen LogP contribution in [0.1, 0.15) is 103 Å². The maximum atomic E-state index is 15.7. The van der Waals surface area contributed by atoms with Crippen LogP contribution in [0.5, 0.6) is 23.0 Å². The first-order valence-electron chi connectivity index (χ1n) is 42.9. The van der Waals surface area contributed by atoms with Crippen molar-refractivity contribution in [2.75, 3.05) is 128 Å². The summed E-state index contributed by atoms with van der Waals surface area (Å²) in [4.78, 5) is 119. The Morgan fingerprint density at radius 2 is 0.786 bits per heavy atom. The van der Waals surface area contributed by atoms with Crippen LogP contribution < -0.4 is 51.0 Å². The molecular formula is C100H95Cl5F6N18O12S4+2. The van der Waals surface area contributed by atoms with Gasteiger partial charge in [0.1, 0.15) is 68.3 Å². The van der Waals surface area contributed by atoms with Crippen LogP contribution >= 0.6 is 103 Å². The first-order chi connectivity index (χ1) is 67.2. The number of nitrogens with zero attached hydrogens (tertiary/aromatic N) is 14. The van der Waals surface area contributed by atoms with Crippen molar-refractivity contribution in [2.45, 2.75) is 80.6 Å². The van der Waals surface area contributed by atoms with Crippen molar-refractivity contribution in [1.29, 1.82) is 15.8 Å². The summed E-state index contributed by atoms with van der Waals surface area (Å²) in [6, 6.07) is 18.4. The number of nitrogen functional groups attached to an aromatic ring is 4. The number of hydrogen-bond donors (Lipinski definition) is 4. The Balaban J connectivity index is 0.000000170. The summed E-state index contributed by atoms with van der Waals surface area (Å²) >= 11 is 37.4. The zero-order valence-corrected chi connectivity index (χ0v) is 80.2. The van der Waals surface area contributed by atoms with Gasteiger partial charge in [0.2, 0.25) is 23.6 Å². The van der Waals surface area contributed by atoms with E-state index >= 15 is 13.2 Å². The molecule has 0 bridgehead atoms. The summed E-state index contributed by atoms with van der Waals surface area (Å²) in [5.41, 5.74) is 25.9. The molecule has 4 saturated heterocycles. The topological polar surface area (TPSA) is 396 Å². The van der Waals surface area contributed by atoms with Crippen molar-refractivity contribution in [1.82, 2.24) is 44.2 Å². The van der Waals surface area contributed by atoms with Gasteiger partial charge in [-0.1, -0.05) is 174 Å². The van der Waals surface area contributed by atoms with E-state index in [9.17, 15) is 67.3 Å². The number of anilines is 4. The molecule has 4 aromatic heterocycles. The fourth-order valence-corrected chi connectivity index (χ4v) is 23.8. The third-order valence-corrected chi connectivity index (χ3v) is 30.7. The maximum Gasteiger partial charge on any atom is 0.376 e. The van der Waals surface area contributed by atoms with Crippen LogP contribution in [0, 0.1) is 69.1 Å². The third kappa shape index (κ3) is 19.8. The largest absolute Gasteiger partial charge is 0.491 e. The molecule has 0 aliphatic carbocycles. The van der Waals surface area contributed by atoms with E-state index in [0.717, 1.165) is 68.9 Å². The standard InChI is InChI=1S/C24H18ClF2N5O3S.C24H17ClF2N4O3S.C24H19ClFN5O3S.C23H19Cl2FN4O3S.5CH4/c1-2-17(33)30-6-7-31-12(10-30)5-8-35-21-14(23(31)34)9-16(27)18(19(21)25)13-3-4-15(26)22-20(13)32(11-28)24(29)36-22;1-2-17(32)30-5-6-31-11(9-30)10-34-21-13(24(31)33)7-16(27)19(20(21)25)12-3-4-15(26)22-18(12)14(8-28)23(29)35-22;1-2-18(32)29-7-8-30-13(11-29)6-9-34-22-15(23(30)33)10-16(26)19(20(22)25)14-4-3-5-17-21(14)31(12-27)24(28)35-17;1-2-16(31)29-6-7-30-11(10-29)5-8-33-20-13(22(30)32)9-14(24)17(18(20)25)12-3-4-15(26)21-19(12)28-23(27)34-21;;;;;/h2-4,9,12,29H,1,5-8,10H2;2-4,7,11H,1,5-6,9-10,29H2;2-5,10,13,28H,1,6-9,11H2;2-4,9,11H,1,5-8,10H2,(H2,27,28);5*1H4/p+2/t12-;11-;13-;11-;;;;;/m0100...../s1. The number of rotatable bonds is 8. The molecule has 0 unspecified atom stereocenters. The van der Waals surface area contributed by atoms with Gasteiger partial charge in [-0.25, -0.2) is 31.3 Å². The molecule has 8 aliphatic heterocycles. The van der Waals surface area contributed by atoms with Gasteiger partial charge < -0.3 is 81.1 Å². The van der Waals surface area contributed by atoms with Crippen LogP contribution in [0.3, 0.4) is 0 Å². The van der Waals surface area contributed by atoms with Crippen LogP contribution in [0.2, 0.25) is 25.1 Å². The first kappa shape index (κ1) is 110. The number of carbonyl (C=O) groups excluding carboxylic acids is 8. The highest BCUT2D eigenvalue weighted by Crippen LogP contribution is 2.53. The number of carbonyl (C=O) groups is 8. The Labute approximate surface area is 869 Å². The fourth-order valence-electron chi connectivity index (χ4n) is 18.5. The molecule has 20 rings (SSSR count). The first-order valence-corrected chi connectivity index (χ1v) is 48.0. The highest BCUT2D eigenvalue weighted by molar-refractivity contribution is 7.23. The van der Waals surface area contributed by atoms with E-state index in [0.29, 0.717) is 115 Å². The molecular weight excluding hydrogens is 2060 g/mol. The van der Waals surface area contributed by atoms with Gasteiger partial charge in [-0.3, -0.25) is 38.4 Å². The lowest BCUT2D eigenvalue weighted by molar-refractivity contribution is -0.537. The van der Waals surface area contributed by atoms with Crippen LogP contribution in [-0.4, -0.2) is 221 Å². The maximum absolute atomic E-state index is 15.7. The highest BCUT2D eigenvalue weighted by Gasteiger charge is 2.45. The Bertz CT molecular complexity index is 7530. The molecule has 756 valence electrons. The number of thiazole rings is 3. The van der Waals surface area contributed by atoms with E-state index in [1.807, 2.05) is 18.5 Å². The van der Waals surface area contributed by atoms with Crippen molar-refractivity contribution in [3.8, 4) is 86.0 Å². The fraction of sp³-hybridized carbons (Fsp3) is 0.280. The smallest absolute Gasteiger partial charge is 0.376 e. The predicted octanol–water partition coefficient (Wildman–Crippen LogP) is 18.5. The summed E-state index contributed by atoms with van der Waals surface area (Å²) in [5, 5.41) is 29.4. The Morgan fingerprint density at radius 1 is 0.421 bits per heavy atom. The van der Waals surface area contributed by atoms with E-state index in [-0.39, 0.29) is 275 Å². The molecule has 145 heavy (non-hydrogen) atoms. The van der Waals surface area contributed by atoms with Gasteiger partial charge in [0.15, 0.2) is 28.1 Å². The van der Waals surface area contributed by atoms with Crippen molar-refractivity contribution < 1.29 is 92.8 Å². The monoisotopic (exact) mass is 2160 g/mol. The number of thiophene rings is 1. The summed E-state index contributed by atoms with van der Waals surface area (Å²) < 4.78 is 117. The number of halogens is 11. The van der Waals surface area contributed by atoms with Crippen LogP contribution in [0.25, 0.3) is 85.2 Å². The quantitative estimate of drug-likeness (QED) is 0.0623. The predicted molar refractivity (Wildman–Crippen MR) is 552 cm³/mol. The third-order valence-electron chi connectivity index (χ3n) is 25.2. The number of nitriles is 3. The van der Waals surface area contributed by atoms with Crippen LogP contribution in [0.4, 0.5) is 46.7 Å². The number of ether oxygens (including phenoxy) is 4. The number of piperazine rings is 4. The Hall–Kier alpha value is -14.0. The van der Waals surface area contributed by atoms with Gasteiger partial charge in [-0.05, 0) is 90.5 Å². The van der Waals surface area contributed by atoms with Gasteiger partial charge in [0.05, 0.1) is 117 Å². The zero-order chi connectivity index (χ0) is 99.7. The van der Waals surface area contributed by atoms with Crippen molar-refractivity contribution in [2.24, 2.45) is 0 Å². The number of aromatic nitrogens is 3. The normalized spacial score (nSPS) is 17.0. The highest BCUT2D eigenvalue weighted by atomic mass is 35.5. The number of nitrogens with two attached hydrogens (primary N) is 4. The van der Waals surface area contributed by atoms with Gasteiger partial charge >= 0.3 is 12.4 Å². The van der Waals surface area contributed by atoms with Gasteiger partial charge in [-0.15, -0.1) is 20.5 Å². The molecule has 8 aromatic carbocycles. The van der Waals surface area contributed by atoms with E-state index in [1.54, 1.807) is 52.5 Å². The minimum atomic E-state index is -0.838. The SMILES string of the molecule is C.C.C.C.C.C=CC(=O)N1CCN2C(=O)c3cc(Cl)c(-c4ccc(F)c5sc(N)nc45)c(Cl)c3OCC[C@H]2C1.C=CC(=O)N1CCN2C(=O)c3cc(F)c(-c4ccc(F)c5sc(N)[n+](C#N)c45)c(Cl)c3OCC[C@H]2C1.C=CC(=O)N1CCN2C(=O)c3cc(F)c(-c4ccc(F)c5sc(N)c(C#N)c45)c(Cl)c3OC[C@H]2C1.C=CC(=O)N1CCN2C(=O)c3cc(F)c(-c4cccc5sc(N)[n+](C#N)c45)c(Cl)c3OCC[C@H]2C1. The average Bonchev–Trinajstić information content (AvgIpc) is 1.47.